The summed E-state index contributed by atoms with van der Waals surface area (Å²) < 4.78 is 83.5. The fourth-order valence-electron chi connectivity index (χ4n) is 2.54. The number of hydrogen-bond acceptors (Lipinski definition) is 2. The van der Waals surface area contributed by atoms with Crippen molar-refractivity contribution in [2.75, 3.05) is 0 Å². The molecule has 28 heavy (non-hydrogen) atoms. The van der Waals surface area contributed by atoms with Crippen molar-refractivity contribution in [1.82, 2.24) is 5.32 Å². The number of ether oxygens (including phenoxy) is 1. The van der Waals surface area contributed by atoms with Gasteiger partial charge < -0.3 is 10.1 Å². The molecule has 0 bridgehead atoms. The lowest BCUT2D eigenvalue weighted by Crippen LogP contribution is -2.34. The van der Waals surface area contributed by atoms with Gasteiger partial charge in [-0.2, -0.15) is 26.3 Å². The fourth-order valence-corrected chi connectivity index (χ4v) is 2.54. The molecule has 0 aromatic heterocycles. The van der Waals surface area contributed by atoms with E-state index in [1.54, 1.807) is 18.2 Å². The van der Waals surface area contributed by atoms with Crippen LogP contribution in [0.15, 0.2) is 48.5 Å². The molecule has 0 radical (unpaired) electrons. The molecule has 1 aliphatic carbocycles. The van der Waals surface area contributed by atoms with Crippen molar-refractivity contribution < 1.29 is 35.9 Å². The lowest BCUT2D eigenvalue weighted by Gasteiger charge is -2.21. The number of hydrogen-bond donors (Lipinski definition) is 1. The molecule has 1 atom stereocenters. The second kappa shape index (κ2) is 7.37. The number of alkyl halides is 6. The Bertz CT molecular complexity index is 811. The topological polar surface area (TPSA) is 38.3 Å². The first-order valence-electron chi connectivity index (χ1n) is 8.35. The maximum absolute atomic E-state index is 13.0. The van der Waals surface area contributed by atoms with E-state index in [4.69, 9.17) is 4.74 Å². The summed E-state index contributed by atoms with van der Waals surface area (Å²) in [5.74, 6) is -1.32. The Balaban J connectivity index is 1.98. The van der Waals surface area contributed by atoms with Gasteiger partial charge in [-0.25, -0.2) is 0 Å². The first-order chi connectivity index (χ1) is 13.0. The average molecular weight is 403 g/mol. The Morgan fingerprint density at radius 3 is 1.93 bits per heavy atom. The molecular weight excluding hydrogens is 388 g/mol. The van der Waals surface area contributed by atoms with Gasteiger partial charge >= 0.3 is 12.4 Å². The molecule has 0 heterocycles. The third-order valence-electron chi connectivity index (χ3n) is 4.08. The summed E-state index contributed by atoms with van der Waals surface area (Å²) in [5, 5.41) is 2.65. The van der Waals surface area contributed by atoms with Gasteiger partial charge in [-0.1, -0.05) is 30.3 Å². The predicted octanol–water partition coefficient (Wildman–Crippen LogP) is 5.12. The first-order valence-corrected chi connectivity index (χ1v) is 8.35. The van der Waals surface area contributed by atoms with Crippen LogP contribution >= 0.6 is 0 Å². The number of rotatable bonds is 5. The van der Waals surface area contributed by atoms with E-state index in [9.17, 15) is 31.1 Å². The second-order valence-corrected chi connectivity index (χ2v) is 6.43. The number of carbonyl (C=O) groups excluding carboxylic acids is 1. The molecule has 150 valence electrons. The largest absolute Gasteiger partial charge is 0.476 e. The van der Waals surface area contributed by atoms with E-state index in [0.29, 0.717) is 17.7 Å². The van der Waals surface area contributed by atoms with Gasteiger partial charge in [-0.15, -0.1) is 0 Å². The Labute approximate surface area is 156 Å². The summed E-state index contributed by atoms with van der Waals surface area (Å²) in [6.45, 7) is 0. The summed E-state index contributed by atoms with van der Waals surface area (Å²) in [7, 11) is 0. The van der Waals surface area contributed by atoms with E-state index < -0.39 is 41.2 Å². The molecule has 1 aliphatic rings. The molecule has 3 rings (SSSR count). The summed E-state index contributed by atoms with van der Waals surface area (Å²) in [6, 6.07) is 8.71. The van der Waals surface area contributed by atoms with Gasteiger partial charge in [0.1, 0.15) is 5.75 Å². The van der Waals surface area contributed by atoms with Gasteiger partial charge in [0.2, 0.25) is 6.10 Å². The number of amides is 1. The fraction of sp³-hybridized carbons (Fsp3) is 0.316. The minimum absolute atomic E-state index is 0.00858. The lowest BCUT2D eigenvalue weighted by molar-refractivity contribution is -0.143. The highest BCUT2D eigenvalue weighted by Gasteiger charge is 2.38. The van der Waals surface area contributed by atoms with Crippen LogP contribution in [0.25, 0.3) is 0 Å². The minimum Gasteiger partial charge on any atom is -0.476 e. The summed E-state index contributed by atoms with van der Waals surface area (Å²) >= 11 is 0. The number of carbonyl (C=O) groups is 1. The summed E-state index contributed by atoms with van der Waals surface area (Å²) in [4.78, 5) is 12.5. The highest BCUT2D eigenvalue weighted by Crippen LogP contribution is 2.39. The van der Waals surface area contributed by atoms with E-state index >= 15 is 0 Å². The molecule has 9 heteroatoms. The second-order valence-electron chi connectivity index (χ2n) is 6.43. The lowest BCUT2D eigenvalue weighted by atomic mass is 10.1. The molecule has 2 aromatic rings. The Hall–Kier alpha value is -2.71. The van der Waals surface area contributed by atoms with E-state index in [0.717, 1.165) is 12.8 Å². The Morgan fingerprint density at radius 1 is 0.929 bits per heavy atom. The third-order valence-corrected chi connectivity index (χ3v) is 4.08. The normalized spacial score (nSPS) is 15.8. The third kappa shape index (κ3) is 4.96. The summed E-state index contributed by atoms with van der Waals surface area (Å²) in [6.07, 6.45) is -9.87. The van der Waals surface area contributed by atoms with Crippen molar-refractivity contribution >= 4 is 5.91 Å². The molecule has 3 nitrogen and oxygen atoms in total. The molecule has 1 saturated carbocycles. The van der Waals surface area contributed by atoms with Gasteiger partial charge in [0.05, 0.1) is 11.1 Å². The van der Waals surface area contributed by atoms with Crippen molar-refractivity contribution in [1.29, 1.82) is 0 Å². The number of benzene rings is 2. The molecule has 0 unspecified atom stereocenters. The van der Waals surface area contributed by atoms with Gasteiger partial charge in [0.15, 0.2) is 0 Å². The molecule has 0 aliphatic heterocycles. The van der Waals surface area contributed by atoms with E-state index in [1.165, 1.54) is 12.1 Å². The van der Waals surface area contributed by atoms with Crippen LogP contribution in [-0.2, 0) is 17.1 Å². The molecule has 1 fully saturated rings. The van der Waals surface area contributed by atoms with Gasteiger partial charge in [-0.3, -0.25) is 4.79 Å². The van der Waals surface area contributed by atoms with Crippen molar-refractivity contribution in [3.8, 4) is 5.75 Å². The van der Waals surface area contributed by atoms with Gasteiger partial charge in [0, 0.05) is 11.6 Å². The molecule has 2 aromatic carbocycles. The smallest absolute Gasteiger partial charge is 0.416 e. The van der Waals surface area contributed by atoms with Crippen molar-refractivity contribution in [2.45, 2.75) is 37.3 Å². The van der Waals surface area contributed by atoms with Gasteiger partial charge in [-0.05, 0) is 31.0 Å². The Morgan fingerprint density at radius 2 is 1.46 bits per heavy atom. The predicted molar refractivity (Wildman–Crippen MR) is 87.4 cm³/mol. The van der Waals surface area contributed by atoms with Crippen LogP contribution < -0.4 is 10.1 Å². The van der Waals surface area contributed by atoms with Crippen molar-refractivity contribution in [2.24, 2.45) is 0 Å². The molecule has 0 spiro atoms. The van der Waals surface area contributed by atoms with E-state index in [-0.39, 0.29) is 12.1 Å². The molecular formula is C19H15F6NO2. The molecule has 1 amide bonds. The first kappa shape index (κ1) is 20.0. The SMILES string of the molecule is O=C(NC1CC1)[C@@H](Oc1cc(C(F)(F)F)cc(C(F)(F)F)c1)c1ccccc1. The van der Waals surface area contributed by atoms with Gasteiger partial charge in [0.25, 0.3) is 5.91 Å². The van der Waals surface area contributed by atoms with Crippen LogP contribution in [-0.4, -0.2) is 11.9 Å². The van der Waals surface area contributed by atoms with Crippen LogP contribution in [0.4, 0.5) is 26.3 Å². The van der Waals surface area contributed by atoms with Crippen molar-refractivity contribution in [3.63, 3.8) is 0 Å². The zero-order chi connectivity index (χ0) is 20.5. The number of halogens is 6. The van der Waals surface area contributed by atoms with Crippen LogP contribution in [0.1, 0.15) is 35.6 Å². The molecule has 0 saturated heterocycles. The maximum Gasteiger partial charge on any atom is 0.416 e. The maximum atomic E-state index is 13.0. The number of nitrogens with one attached hydrogen (secondary N) is 1. The zero-order valence-electron chi connectivity index (χ0n) is 14.3. The van der Waals surface area contributed by atoms with Crippen LogP contribution in [0, 0.1) is 0 Å². The monoisotopic (exact) mass is 403 g/mol. The zero-order valence-corrected chi connectivity index (χ0v) is 14.3. The Kier molecular flexibility index (Phi) is 5.27. The highest BCUT2D eigenvalue weighted by atomic mass is 19.4. The quantitative estimate of drug-likeness (QED) is 0.704. The van der Waals surface area contributed by atoms with Crippen LogP contribution in [0.2, 0.25) is 0 Å². The highest BCUT2D eigenvalue weighted by molar-refractivity contribution is 5.83. The standard InChI is InChI=1S/C19H15F6NO2/c20-18(21,22)12-8-13(19(23,24)25)10-15(9-12)28-16(11-4-2-1-3-5-11)17(27)26-14-6-7-14/h1-5,8-10,14,16H,6-7H2,(H,26,27)/t16-/m0/s1. The average Bonchev–Trinajstić information content (AvgIpc) is 3.42. The van der Waals surface area contributed by atoms with E-state index in [1.807, 2.05) is 0 Å². The van der Waals surface area contributed by atoms with Crippen LogP contribution in [0.5, 0.6) is 5.75 Å². The summed E-state index contributed by atoms with van der Waals surface area (Å²) in [5.41, 5.74) is -2.70. The molecule has 1 N–H and O–H groups in total. The minimum atomic E-state index is -5.00. The van der Waals surface area contributed by atoms with E-state index in [2.05, 4.69) is 5.32 Å². The van der Waals surface area contributed by atoms with Crippen molar-refractivity contribution in [3.05, 3.63) is 65.2 Å². The van der Waals surface area contributed by atoms with Crippen LogP contribution in [0.3, 0.4) is 0 Å².